The topological polar surface area (TPSA) is 65.8 Å². The molecule has 1 atom stereocenters. The van der Waals surface area contributed by atoms with Gasteiger partial charge in [-0.15, -0.1) is 0 Å². The monoisotopic (exact) mass is 558 g/mol. The molecule has 210 valence electrons. The number of hydrogen-bond acceptors (Lipinski definition) is 5. The molecule has 0 bridgehead atoms. The molecule has 0 spiro atoms. The normalized spacial score (nSPS) is 17.7. The van der Waals surface area contributed by atoms with Crippen molar-refractivity contribution in [2.24, 2.45) is 0 Å². The molecule has 1 unspecified atom stereocenters. The Morgan fingerprint density at radius 3 is 2.66 bits per heavy atom. The minimum Gasteiger partial charge on any atom is -0.322 e. The van der Waals surface area contributed by atoms with Crippen LogP contribution >= 0.6 is 0 Å². The Labute approximate surface area is 236 Å². The van der Waals surface area contributed by atoms with Crippen LogP contribution < -0.4 is 5.32 Å². The van der Waals surface area contributed by atoms with Crippen molar-refractivity contribution in [1.29, 1.82) is 0 Å². The fraction of sp³-hybridized carbons (Fsp3) is 0.323. The molecule has 10 heteroatoms. The number of rotatable bonds is 3. The van der Waals surface area contributed by atoms with Gasteiger partial charge in [0.25, 0.3) is 5.91 Å². The van der Waals surface area contributed by atoms with Crippen molar-refractivity contribution in [2.45, 2.75) is 32.0 Å². The Morgan fingerprint density at radius 2 is 1.88 bits per heavy atom. The van der Waals surface area contributed by atoms with Crippen molar-refractivity contribution in [3.05, 3.63) is 93.9 Å². The van der Waals surface area contributed by atoms with Gasteiger partial charge in [0.1, 0.15) is 5.69 Å². The number of aromatic nitrogens is 3. The highest BCUT2D eigenvalue weighted by Gasteiger charge is 2.41. The Hall–Kier alpha value is -4.20. The zero-order valence-corrected chi connectivity index (χ0v) is 22.8. The van der Waals surface area contributed by atoms with Gasteiger partial charge in [-0.2, -0.15) is 18.3 Å². The molecule has 4 aromatic rings. The van der Waals surface area contributed by atoms with E-state index in [9.17, 15) is 18.0 Å². The lowest BCUT2D eigenvalue weighted by Gasteiger charge is -2.37. The molecule has 2 aliphatic rings. The lowest BCUT2D eigenvalue weighted by molar-refractivity contribution is -0.138. The van der Waals surface area contributed by atoms with Crippen molar-refractivity contribution in [2.75, 3.05) is 38.5 Å². The van der Waals surface area contributed by atoms with Gasteiger partial charge in [0, 0.05) is 55.2 Å². The number of likely N-dealkylation sites (N-methyl/N-ethyl adjacent to an activating group) is 1. The van der Waals surface area contributed by atoms with Gasteiger partial charge in [-0.25, -0.2) is 9.50 Å². The van der Waals surface area contributed by atoms with E-state index in [2.05, 4.69) is 37.0 Å². The summed E-state index contributed by atoms with van der Waals surface area (Å²) >= 11 is 0. The highest BCUT2D eigenvalue weighted by Crippen LogP contribution is 2.45. The molecule has 1 N–H and O–H groups in total. The Bertz CT molecular complexity index is 1690. The number of carbonyl (C=O) groups is 1. The largest absolute Gasteiger partial charge is 0.416 e. The number of nitrogens with zero attached hydrogens (tertiary/aromatic N) is 5. The van der Waals surface area contributed by atoms with Crippen LogP contribution in [0.1, 0.15) is 56.3 Å². The van der Waals surface area contributed by atoms with Crippen LogP contribution in [0.3, 0.4) is 0 Å². The van der Waals surface area contributed by atoms with Crippen LogP contribution in [-0.4, -0.2) is 63.5 Å². The molecule has 2 aromatic heterocycles. The molecule has 1 fully saturated rings. The summed E-state index contributed by atoms with van der Waals surface area (Å²) in [6, 6.07) is 11.2. The van der Waals surface area contributed by atoms with E-state index in [-0.39, 0.29) is 11.7 Å². The van der Waals surface area contributed by atoms with E-state index in [1.54, 1.807) is 47.2 Å². The highest BCUT2D eigenvalue weighted by atomic mass is 19.4. The van der Waals surface area contributed by atoms with E-state index in [1.165, 1.54) is 0 Å². The van der Waals surface area contributed by atoms with Crippen LogP contribution in [0.4, 0.5) is 18.9 Å². The zero-order chi connectivity index (χ0) is 28.7. The molecule has 1 aliphatic carbocycles. The number of nitrogens with one attached hydrogen (secondary N) is 1. The average Bonchev–Trinajstić information content (AvgIpc) is 3.56. The number of aryl methyl sites for hydroxylation is 2. The van der Waals surface area contributed by atoms with Crippen LogP contribution in [0.15, 0.2) is 54.9 Å². The zero-order valence-electron chi connectivity index (χ0n) is 22.8. The van der Waals surface area contributed by atoms with Crippen LogP contribution in [-0.2, 0) is 12.6 Å². The molecule has 0 saturated carbocycles. The first-order chi connectivity index (χ1) is 19.7. The summed E-state index contributed by atoms with van der Waals surface area (Å²) in [5.41, 5.74) is 3.55. The molecular formula is C31H29F3N6O. The van der Waals surface area contributed by atoms with Crippen molar-refractivity contribution in [1.82, 2.24) is 24.4 Å². The summed E-state index contributed by atoms with van der Waals surface area (Å²) in [5, 5.41) is 6.96. The SMILES string of the molecule is Cc1ccc(C(=O)Nc2cc3c(c(C(F)(F)F)c2)C(N2CCN(C)CC2)CC3)cc1C#Cc1cnc2cccnn12. The maximum atomic E-state index is 14.3. The smallest absolute Gasteiger partial charge is 0.322 e. The fourth-order valence-electron chi connectivity index (χ4n) is 5.70. The Kier molecular flexibility index (Phi) is 7.01. The summed E-state index contributed by atoms with van der Waals surface area (Å²) in [4.78, 5) is 21.8. The fourth-order valence-corrected chi connectivity index (χ4v) is 5.70. The van der Waals surface area contributed by atoms with Gasteiger partial charge in [0.2, 0.25) is 0 Å². The average molecular weight is 559 g/mol. The number of amides is 1. The first-order valence-electron chi connectivity index (χ1n) is 13.6. The molecule has 1 aliphatic heterocycles. The number of imidazole rings is 1. The number of alkyl halides is 3. The summed E-state index contributed by atoms with van der Waals surface area (Å²) < 4.78 is 44.6. The first kappa shape index (κ1) is 27.0. The standard InChI is InChI=1S/C31H29F3N6O/c1-20-5-6-23(16-21(20)7-9-25-19-35-28-4-3-11-36-40(25)28)30(41)37-24-17-22-8-10-27(39-14-12-38(2)13-15-39)29(22)26(18-24)31(32,33)34/h3-6,11,16-19,27H,8,10,12-15H2,1-2H3,(H,37,41). The van der Waals surface area contributed by atoms with E-state index < -0.39 is 17.6 Å². The van der Waals surface area contributed by atoms with Crippen LogP contribution in [0.5, 0.6) is 0 Å². The molecule has 7 nitrogen and oxygen atoms in total. The minimum absolute atomic E-state index is 0.144. The second-order valence-electron chi connectivity index (χ2n) is 10.7. The van der Waals surface area contributed by atoms with Crippen molar-refractivity contribution in [3.8, 4) is 11.8 Å². The third-order valence-electron chi connectivity index (χ3n) is 7.93. The lowest BCUT2D eigenvalue weighted by atomic mass is 9.97. The number of hydrogen-bond donors (Lipinski definition) is 1. The van der Waals surface area contributed by atoms with Gasteiger partial charge < -0.3 is 10.2 Å². The van der Waals surface area contributed by atoms with E-state index in [0.717, 1.165) is 37.8 Å². The third kappa shape index (κ3) is 5.43. The summed E-state index contributed by atoms with van der Waals surface area (Å²) in [7, 11) is 2.03. The lowest BCUT2D eigenvalue weighted by Crippen LogP contribution is -2.45. The van der Waals surface area contributed by atoms with E-state index >= 15 is 0 Å². The van der Waals surface area contributed by atoms with E-state index in [1.807, 2.05) is 20.0 Å². The second kappa shape index (κ2) is 10.7. The second-order valence-corrected chi connectivity index (χ2v) is 10.7. The predicted octanol–water partition coefficient (Wildman–Crippen LogP) is 4.94. The van der Waals surface area contributed by atoms with E-state index in [4.69, 9.17) is 0 Å². The Balaban J connectivity index is 1.26. The summed E-state index contributed by atoms with van der Waals surface area (Å²) in [6.45, 7) is 5.03. The van der Waals surface area contributed by atoms with Gasteiger partial charge >= 0.3 is 6.18 Å². The molecule has 41 heavy (non-hydrogen) atoms. The van der Waals surface area contributed by atoms with Gasteiger partial charge in [0.05, 0.1) is 11.8 Å². The number of anilines is 1. The quantitative estimate of drug-likeness (QED) is 0.361. The van der Waals surface area contributed by atoms with Gasteiger partial charge in [-0.1, -0.05) is 12.0 Å². The number of fused-ring (bicyclic) bond motifs is 2. The Morgan fingerprint density at radius 1 is 1.07 bits per heavy atom. The van der Waals surface area contributed by atoms with Crippen molar-refractivity contribution >= 4 is 17.2 Å². The van der Waals surface area contributed by atoms with Crippen molar-refractivity contribution < 1.29 is 18.0 Å². The maximum Gasteiger partial charge on any atom is 0.416 e. The maximum absolute atomic E-state index is 14.3. The van der Waals surface area contributed by atoms with Gasteiger partial charge in [-0.3, -0.25) is 9.69 Å². The van der Waals surface area contributed by atoms with Gasteiger partial charge in [-0.05, 0) is 85.8 Å². The highest BCUT2D eigenvalue weighted by molar-refractivity contribution is 6.04. The molecule has 3 heterocycles. The van der Waals surface area contributed by atoms with Crippen LogP contribution in [0.25, 0.3) is 5.65 Å². The number of halogens is 3. The molecular weight excluding hydrogens is 529 g/mol. The number of carbonyl (C=O) groups excluding carboxylic acids is 1. The molecule has 6 rings (SSSR count). The first-order valence-corrected chi connectivity index (χ1v) is 13.6. The third-order valence-corrected chi connectivity index (χ3v) is 7.93. The number of benzene rings is 2. The van der Waals surface area contributed by atoms with Crippen LogP contribution in [0.2, 0.25) is 0 Å². The van der Waals surface area contributed by atoms with Crippen molar-refractivity contribution in [3.63, 3.8) is 0 Å². The molecule has 0 radical (unpaired) electrons. The minimum atomic E-state index is -4.53. The molecule has 2 aromatic carbocycles. The summed E-state index contributed by atoms with van der Waals surface area (Å²) in [6.07, 6.45) is -0.0737. The van der Waals surface area contributed by atoms with Gasteiger partial charge in [0.15, 0.2) is 5.65 Å². The molecule has 1 amide bonds. The number of piperazine rings is 1. The summed E-state index contributed by atoms with van der Waals surface area (Å²) in [5.74, 6) is 5.64. The predicted molar refractivity (Wildman–Crippen MR) is 150 cm³/mol. The van der Waals surface area contributed by atoms with E-state index in [0.29, 0.717) is 46.4 Å². The molecule has 1 saturated heterocycles. The van der Waals surface area contributed by atoms with Crippen LogP contribution in [0, 0.1) is 18.8 Å².